The summed E-state index contributed by atoms with van der Waals surface area (Å²) in [5.41, 5.74) is 0.682. The molecule has 2 aromatic rings. The fourth-order valence-electron chi connectivity index (χ4n) is 1.73. The first-order valence-electron chi connectivity index (χ1n) is 6.58. The number of carbonyl (C=O) groups is 1. The van der Waals surface area contributed by atoms with E-state index < -0.39 is 0 Å². The molecule has 1 heterocycles. The van der Waals surface area contributed by atoms with Gasteiger partial charge in [0.25, 0.3) is 0 Å². The second kappa shape index (κ2) is 7.19. The van der Waals surface area contributed by atoms with Gasteiger partial charge in [0.2, 0.25) is 5.89 Å². The molecule has 0 unspecified atom stereocenters. The van der Waals surface area contributed by atoms with Gasteiger partial charge in [0.15, 0.2) is 0 Å². The molecule has 1 aromatic heterocycles. The standard InChI is InChI=1S/C14H17ClN4O2/c1-19(2)8-4-7-16-12(20)14-18-17-13(21-14)10-5-3-6-11(15)9-10/h3,5-6,9H,4,7-8H2,1-2H3,(H,16,20). The molecule has 0 bridgehead atoms. The van der Waals surface area contributed by atoms with E-state index in [1.165, 1.54) is 0 Å². The number of nitrogens with zero attached hydrogens (tertiary/aromatic N) is 3. The molecule has 6 nitrogen and oxygen atoms in total. The number of hydrogen-bond acceptors (Lipinski definition) is 5. The Labute approximate surface area is 128 Å². The van der Waals surface area contributed by atoms with Crippen LogP contribution in [0.25, 0.3) is 11.5 Å². The molecule has 0 atom stereocenters. The van der Waals surface area contributed by atoms with E-state index in [4.69, 9.17) is 16.0 Å². The lowest BCUT2D eigenvalue weighted by atomic mass is 10.2. The Kier molecular flexibility index (Phi) is 5.30. The zero-order valence-corrected chi connectivity index (χ0v) is 12.7. The Bertz CT molecular complexity index is 613. The van der Waals surface area contributed by atoms with Crippen molar-refractivity contribution < 1.29 is 9.21 Å². The van der Waals surface area contributed by atoms with Gasteiger partial charge in [0, 0.05) is 17.1 Å². The first kappa shape index (κ1) is 15.5. The van der Waals surface area contributed by atoms with Crippen molar-refractivity contribution in [2.75, 3.05) is 27.2 Å². The summed E-state index contributed by atoms with van der Waals surface area (Å²) < 4.78 is 5.36. The molecule has 0 saturated carbocycles. The van der Waals surface area contributed by atoms with Gasteiger partial charge in [0.1, 0.15) is 0 Å². The van der Waals surface area contributed by atoms with Crippen LogP contribution in [0.3, 0.4) is 0 Å². The van der Waals surface area contributed by atoms with Crippen molar-refractivity contribution in [2.24, 2.45) is 0 Å². The minimum Gasteiger partial charge on any atom is -0.412 e. The van der Waals surface area contributed by atoms with Crippen molar-refractivity contribution in [3.63, 3.8) is 0 Å². The van der Waals surface area contributed by atoms with E-state index in [0.29, 0.717) is 17.1 Å². The first-order chi connectivity index (χ1) is 10.1. The highest BCUT2D eigenvalue weighted by Gasteiger charge is 2.15. The molecule has 7 heteroatoms. The summed E-state index contributed by atoms with van der Waals surface area (Å²) in [7, 11) is 3.97. The number of hydrogen-bond donors (Lipinski definition) is 1. The van der Waals surface area contributed by atoms with E-state index in [-0.39, 0.29) is 17.7 Å². The van der Waals surface area contributed by atoms with Crippen LogP contribution >= 0.6 is 11.6 Å². The quantitative estimate of drug-likeness (QED) is 0.827. The molecule has 0 radical (unpaired) electrons. The van der Waals surface area contributed by atoms with Crippen molar-refractivity contribution in [3.05, 3.63) is 35.2 Å². The van der Waals surface area contributed by atoms with Crippen LogP contribution in [0.1, 0.15) is 17.1 Å². The van der Waals surface area contributed by atoms with Crippen molar-refractivity contribution in [3.8, 4) is 11.5 Å². The van der Waals surface area contributed by atoms with Gasteiger partial charge in [-0.3, -0.25) is 4.79 Å². The van der Waals surface area contributed by atoms with E-state index in [1.807, 2.05) is 14.1 Å². The zero-order chi connectivity index (χ0) is 15.2. The molecule has 112 valence electrons. The summed E-state index contributed by atoms with van der Waals surface area (Å²) in [4.78, 5) is 13.9. The zero-order valence-electron chi connectivity index (χ0n) is 12.0. The highest BCUT2D eigenvalue weighted by Crippen LogP contribution is 2.21. The predicted octanol–water partition coefficient (Wildman–Crippen LogP) is 2.07. The largest absolute Gasteiger partial charge is 0.412 e. The summed E-state index contributed by atoms with van der Waals surface area (Å²) in [5, 5.41) is 10.9. The second-order valence-electron chi connectivity index (χ2n) is 4.84. The van der Waals surface area contributed by atoms with Crippen LogP contribution in [-0.2, 0) is 0 Å². The van der Waals surface area contributed by atoms with Crippen molar-refractivity contribution in [2.45, 2.75) is 6.42 Å². The summed E-state index contributed by atoms with van der Waals surface area (Å²) in [6, 6.07) is 7.02. The molecule has 0 aliphatic heterocycles. The fraction of sp³-hybridized carbons (Fsp3) is 0.357. The smallest absolute Gasteiger partial charge is 0.308 e. The molecule has 1 amide bonds. The summed E-state index contributed by atoms with van der Waals surface area (Å²) in [6.45, 7) is 1.46. The van der Waals surface area contributed by atoms with Crippen LogP contribution in [0.5, 0.6) is 0 Å². The number of benzene rings is 1. The number of halogens is 1. The Morgan fingerprint density at radius 2 is 2.19 bits per heavy atom. The van der Waals surface area contributed by atoms with Gasteiger partial charge in [-0.2, -0.15) is 0 Å². The van der Waals surface area contributed by atoms with Gasteiger partial charge in [-0.05, 0) is 45.3 Å². The molecular weight excluding hydrogens is 292 g/mol. The maximum absolute atomic E-state index is 11.9. The van der Waals surface area contributed by atoms with Gasteiger partial charge in [0.05, 0.1) is 0 Å². The topological polar surface area (TPSA) is 71.3 Å². The fourth-order valence-corrected chi connectivity index (χ4v) is 1.92. The van der Waals surface area contributed by atoms with Crippen LogP contribution in [0.4, 0.5) is 0 Å². The molecular formula is C14H17ClN4O2. The molecule has 0 fully saturated rings. The van der Waals surface area contributed by atoms with Crippen LogP contribution in [0.2, 0.25) is 5.02 Å². The van der Waals surface area contributed by atoms with Gasteiger partial charge in [-0.15, -0.1) is 10.2 Å². The van der Waals surface area contributed by atoms with Gasteiger partial charge < -0.3 is 14.6 Å². The number of aromatic nitrogens is 2. The Balaban J connectivity index is 1.95. The van der Waals surface area contributed by atoms with E-state index in [0.717, 1.165) is 13.0 Å². The number of nitrogens with one attached hydrogen (secondary N) is 1. The molecule has 21 heavy (non-hydrogen) atoms. The van der Waals surface area contributed by atoms with Crippen molar-refractivity contribution in [1.82, 2.24) is 20.4 Å². The van der Waals surface area contributed by atoms with Crippen LogP contribution in [0.15, 0.2) is 28.7 Å². The third-order valence-electron chi connectivity index (χ3n) is 2.76. The van der Waals surface area contributed by atoms with Gasteiger partial charge >= 0.3 is 11.8 Å². The van der Waals surface area contributed by atoms with E-state index >= 15 is 0 Å². The average Bonchev–Trinajstić information content (AvgIpc) is 2.93. The highest BCUT2D eigenvalue weighted by molar-refractivity contribution is 6.30. The summed E-state index contributed by atoms with van der Waals surface area (Å²) >= 11 is 5.90. The predicted molar refractivity (Wildman–Crippen MR) is 80.2 cm³/mol. The Morgan fingerprint density at radius 3 is 2.90 bits per heavy atom. The summed E-state index contributed by atoms with van der Waals surface area (Å²) in [6.07, 6.45) is 0.855. The second-order valence-corrected chi connectivity index (χ2v) is 5.27. The molecule has 2 rings (SSSR count). The molecule has 0 aliphatic rings. The third kappa shape index (κ3) is 4.54. The van der Waals surface area contributed by atoms with E-state index in [9.17, 15) is 4.79 Å². The Hall–Kier alpha value is -1.92. The maximum Gasteiger partial charge on any atom is 0.308 e. The molecule has 0 saturated heterocycles. The van der Waals surface area contributed by atoms with Crippen LogP contribution in [-0.4, -0.2) is 48.2 Å². The van der Waals surface area contributed by atoms with E-state index in [2.05, 4.69) is 20.4 Å². The monoisotopic (exact) mass is 308 g/mol. The first-order valence-corrected chi connectivity index (χ1v) is 6.96. The van der Waals surface area contributed by atoms with Crippen molar-refractivity contribution in [1.29, 1.82) is 0 Å². The van der Waals surface area contributed by atoms with E-state index in [1.54, 1.807) is 24.3 Å². The lowest BCUT2D eigenvalue weighted by Crippen LogP contribution is -2.27. The lowest BCUT2D eigenvalue weighted by molar-refractivity contribution is 0.0918. The van der Waals surface area contributed by atoms with Crippen LogP contribution < -0.4 is 5.32 Å². The van der Waals surface area contributed by atoms with Crippen LogP contribution in [0, 0.1) is 0 Å². The Morgan fingerprint density at radius 1 is 1.38 bits per heavy atom. The highest BCUT2D eigenvalue weighted by atomic mass is 35.5. The normalized spacial score (nSPS) is 10.9. The summed E-state index contributed by atoms with van der Waals surface area (Å²) in [5.74, 6) is -0.139. The molecule has 1 aromatic carbocycles. The minimum atomic E-state index is -0.366. The minimum absolute atomic E-state index is 0.0465. The SMILES string of the molecule is CN(C)CCCNC(=O)c1nnc(-c2cccc(Cl)c2)o1. The van der Waals surface area contributed by atoms with Crippen molar-refractivity contribution >= 4 is 17.5 Å². The number of carbonyl (C=O) groups excluding carboxylic acids is 1. The molecule has 0 aliphatic carbocycles. The lowest BCUT2D eigenvalue weighted by Gasteiger charge is -2.08. The molecule has 1 N–H and O–H groups in total. The maximum atomic E-state index is 11.9. The van der Waals surface area contributed by atoms with Gasteiger partial charge in [-0.25, -0.2) is 0 Å². The average molecular weight is 309 g/mol. The number of amides is 1. The third-order valence-corrected chi connectivity index (χ3v) is 2.99. The van der Waals surface area contributed by atoms with Gasteiger partial charge in [-0.1, -0.05) is 17.7 Å². The molecule has 0 spiro atoms. The number of rotatable bonds is 6.